The molecule has 0 N–H and O–H groups in total. The Kier molecular flexibility index (Phi) is 5.85. The van der Waals surface area contributed by atoms with Gasteiger partial charge in [0.1, 0.15) is 6.07 Å². The van der Waals surface area contributed by atoms with Crippen LogP contribution in [0.5, 0.6) is 5.75 Å². The molecule has 0 aliphatic carbocycles. The van der Waals surface area contributed by atoms with Crippen molar-refractivity contribution in [3.05, 3.63) is 28.8 Å². The standard InChI is InChI=1S/C13H11ClF3NO3/c1-2-20-11(19)5-10-8(6-14)3-4-9(7-18)12(10)21-13(15,16)17/h3-4H,2,5-6H2,1H3. The summed E-state index contributed by atoms with van der Waals surface area (Å²) in [5.41, 5.74) is -0.164. The van der Waals surface area contributed by atoms with Crippen LogP contribution in [-0.4, -0.2) is 18.9 Å². The van der Waals surface area contributed by atoms with Crippen LogP contribution in [0.4, 0.5) is 13.2 Å². The van der Waals surface area contributed by atoms with Gasteiger partial charge in [-0.15, -0.1) is 24.8 Å². The van der Waals surface area contributed by atoms with Gasteiger partial charge in [-0.1, -0.05) is 6.07 Å². The van der Waals surface area contributed by atoms with E-state index < -0.39 is 24.5 Å². The zero-order valence-corrected chi connectivity index (χ0v) is 11.7. The average molecular weight is 322 g/mol. The fourth-order valence-electron chi connectivity index (χ4n) is 1.66. The van der Waals surface area contributed by atoms with Crippen molar-refractivity contribution < 1.29 is 27.4 Å². The van der Waals surface area contributed by atoms with Gasteiger partial charge < -0.3 is 9.47 Å². The lowest BCUT2D eigenvalue weighted by atomic mass is 10.0. The Hall–Kier alpha value is -1.94. The molecule has 0 aromatic heterocycles. The zero-order valence-electron chi connectivity index (χ0n) is 11.0. The van der Waals surface area contributed by atoms with Crippen LogP contribution < -0.4 is 4.74 Å². The molecule has 1 rings (SSSR count). The third-order valence-electron chi connectivity index (χ3n) is 2.47. The predicted molar refractivity (Wildman–Crippen MR) is 67.7 cm³/mol. The first kappa shape index (κ1) is 17.1. The van der Waals surface area contributed by atoms with E-state index in [9.17, 15) is 18.0 Å². The largest absolute Gasteiger partial charge is 0.573 e. The Morgan fingerprint density at radius 2 is 2.10 bits per heavy atom. The molecule has 0 saturated carbocycles. The first-order chi connectivity index (χ1) is 9.82. The van der Waals surface area contributed by atoms with E-state index in [4.69, 9.17) is 21.6 Å². The van der Waals surface area contributed by atoms with Gasteiger partial charge in [-0.2, -0.15) is 5.26 Å². The van der Waals surface area contributed by atoms with E-state index in [1.165, 1.54) is 6.07 Å². The van der Waals surface area contributed by atoms with Gasteiger partial charge >= 0.3 is 12.3 Å². The second-order valence-corrected chi connectivity index (χ2v) is 4.12. The summed E-state index contributed by atoms with van der Waals surface area (Å²) in [4.78, 5) is 11.5. The Bertz CT molecular complexity index is 567. The quantitative estimate of drug-likeness (QED) is 0.616. The van der Waals surface area contributed by atoms with Crippen molar-refractivity contribution in [2.45, 2.75) is 25.6 Å². The van der Waals surface area contributed by atoms with Crippen molar-refractivity contribution in [1.29, 1.82) is 5.26 Å². The van der Waals surface area contributed by atoms with Crippen LogP contribution >= 0.6 is 11.6 Å². The molecule has 0 saturated heterocycles. The molecule has 0 aliphatic heterocycles. The highest BCUT2D eigenvalue weighted by Gasteiger charge is 2.34. The van der Waals surface area contributed by atoms with Crippen molar-refractivity contribution in [2.75, 3.05) is 6.61 Å². The first-order valence-corrected chi connectivity index (χ1v) is 6.38. The summed E-state index contributed by atoms with van der Waals surface area (Å²) in [7, 11) is 0. The molecular formula is C13H11ClF3NO3. The number of esters is 1. The van der Waals surface area contributed by atoms with Crippen molar-refractivity contribution in [3.63, 3.8) is 0 Å². The molecule has 0 bridgehead atoms. The second kappa shape index (κ2) is 7.18. The number of carbonyl (C=O) groups is 1. The molecule has 1 aromatic rings. The predicted octanol–water partition coefficient (Wildman–Crippen LogP) is 3.30. The maximum absolute atomic E-state index is 12.5. The fraction of sp³-hybridized carbons (Fsp3) is 0.385. The number of hydrogen-bond acceptors (Lipinski definition) is 4. The second-order valence-electron chi connectivity index (χ2n) is 3.85. The normalized spacial score (nSPS) is 10.9. The van der Waals surface area contributed by atoms with Crippen LogP contribution in [-0.2, 0) is 21.8 Å². The third kappa shape index (κ3) is 4.83. The molecule has 0 unspecified atom stereocenters. The van der Waals surface area contributed by atoms with Gasteiger partial charge in [0, 0.05) is 11.4 Å². The van der Waals surface area contributed by atoms with Gasteiger partial charge in [0.05, 0.1) is 18.6 Å². The average Bonchev–Trinajstić information content (AvgIpc) is 2.39. The lowest BCUT2D eigenvalue weighted by Gasteiger charge is -2.16. The highest BCUT2D eigenvalue weighted by atomic mass is 35.5. The number of nitriles is 1. The van der Waals surface area contributed by atoms with Crippen LogP contribution in [0.3, 0.4) is 0 Å². The summed E-state index contributed by atoms with van der Waals surface area (Å²) >= 11 is 5.66. The van der Waals surface area contributed by atoms with Gasteiger partial charge in [-0.25, -0.2) is 0 Å². The topological polar surface area (TPSA) is 59.3 Å². The summed E-state index contributed by atoms with van der Waals surface area (Å²) < 4.78 is 46.0. The van der Waals surface area contributed by atoms with Crippen LogP contribution in [0.25, 0.3) is 0 Å². The van der Waals surface area contributed by atoms with Gasteiger partial charge in [0.2, 0.25) is 0 Å². The minimum atomic E-state index is -4.99. The molecule has 0 fully saturated rings. The maximum atomic E-state index is 12.5. The molecule has 0 amide bonds. The number of nitrogens with zero attached hydrogens (tertiary/aromatic N) is 1. The van der Waals surface area contributed by atoms with Gasteiger partial charge in [-0.3, -0.25) is 4.79 Å². The van der Waals surface area contributed by atoms with Gasteiger partial charge in [-0.05, 0) is 18.6 Å². The molecule has 1 aromatic carbocycles. The third-order valence-corrected chi connectivity index (χ3v) is 2.75. The number of alkyl halides is 4. The minimum absolute atomic E-state index is 0.0858. The minimum Gasteiger partial charge on any atom is -0.466 e. The lowest BCUT2D eigenvalue weighted by molar-refractivity contribution is -0.275. The summed E-state index contributed by atoms with van der Waals surface area (Å²) in [5, 5.41) is 8.89. The Labute approximate surface area is 124 Å². The molecule has 21 heavy (non-hydrogen) atoms. The highest BCUT2D eigenvalue weighted by Crippen LogP contribution is 2.33. The van der Waals surface area contributed by atoms with E-state index in [0.717, 1.165) is 6.07 Å². The smallest absolute Gasteiger partial charge is 0.466 e. The highest BCUT2D eigenvalue weighted by molar-refractivity contribution is 6.17. The monoisotopic (exact) mass is 321 g/mol. The van der Waals surface area contributed by atoms with Gasteiger partial charge in [0.15, 0.2) is 5.75 Å². The molecule has 0 aliphatic rings. The van der Waals surface area contributed by atoms with Crippen LogP contribution in [0.1, 0.15) is 23.6 Å². The lowest BCUT2D eigenvalue weighted by Crippen LogP contribution is -2.20. The van der Waals surface area contributed by atoms with Crippen LogP contribution in [0.15, 0.2) is 12.1 Å². The first-order valence-electron chi connectivity index (χ1n) is 5.84. The number of hydrogen-bond donors (Lipinski definition) is 0. The summed E-state index contributed by atoms with van der Waals surface area (Å²) in [6, 6.07) is 4.13. The van der Waals surface area contributed by atoms with E-state index >= 15 is 0 Å². The summed E-state index contributed by atoms with van der Waals surface area (Å²) in [6.45, 7) is 1.65. The fourth-order valence-corrected chi connectivity index (χ4v) is 1.91. The van der Waals surface area contributed by atoms with Crippen molar-refractivity contribution >= 4 is 17.6 Å². The van der Waals surface area contributed by atoms with Crippen molar-refractivity contribution in [1.82, 2.24) is 0 Å². The molecule has 4 nitrogen and oxygen atoms in total. The SMILES string of the molecule is CCOC(=O)Cc1c(CCl)ccc(C#N)c1OC(F)(F)F. The molecule has 114 valence electrons. The Morgan fingerprint density at radius 1 is 1.43 bits per heavy atom. The molecule has 0 spiro atoms. The van der Waals surface area contributed by atoms with Crippen LogP contribution in [0.2, 0.25) is 0 Å². The van der Waals surface area contributed by atoms with E-state index in [1.54, 1.807) is 13.0 Å². The number of ether oxygens (including phenoxy) is 2. The van der Waals surface area contributed by atoms with Crippen molar-refractivity contribution in [2.24, 2.45) is 0 Å². The molecule has 8 heteroatoms. The molecule has 0 heterocycles. The van der Waals surface area contributed by atoms with E-state index in [2.05, 4.69) is 4.74 Å². The number of benzene rings is 1. The van der Waals surface area contributed by atoms with E-state index in [-0.39, 0.29) is 29.2 Å². The Balaban J connectivity index is 3.34. The maximum Gasteiger partial charge on any atom is 0.573 e. The zero-order chi connectivity index (χ0) is 16.0. The molecule has 0 atom stereocenters. The van der Waals surface area contributed by atoms with Crippen molar-refractivity contribution in [3.8, 4) is 11.8 Å². The molecular weight excluding hydrogens is 311 g/mol. The van der Waals surface area contributed by atoms with E-state index in [0.29, 0.717) is 0 Å². The summed E-state index contributed by atoms with van der Waals surface area (Å²) in [5.74, 6) is -1.57. The Morgan fingerprint density at radius 3 is 2.57 bits per heavy atom. The number of carbonyl (C=O) groups excluding carboxylic acids is 1. The number of halogens is 4. The summed E-state index contributed by atoms with van der Waals surface area (Å²) in [6.07, 6.45) is -5.45. The molecule has 0 radical (unpaired) electrons. The van der Waals surface area contributed by atoms with Crippen LogP contribution in [0, 0.1) is 11.3 Å². The van der Waals surface area contributed by atoms with Gasteiger partial charge in [0.25, 0.3) is 0 Å². The number of rotatable bonds is 5. The van der Waals surface area contributed by atoms with E-state index in [1.807, 2.05) is 0 Å².